The molecule has 0 saturated heterocycles. The Hall–Kier alpha value is -1.19. The Labute approximate surface area is 107 Å². The van der Waals surface area contributed by atoms with Crippen molar-refractivity contribution in [2.45, 2.75) is 26.8 Å². The fourth-order valence-electron chi connectivity index (χ4n) is 2.10. The summed E-state index contributed by atoms with van der Waals surface area (Å²) in [4.78, 5) is 6.96. The van der Waals surface area contributed by atoms with Gasteiger partial charge in [-0.3, -0.25) is 4.98 Å². The number of thiophene rings is 1. The lowest BCUT2D eigenvalue weighted by Crippen LogP contribution is -2.22. The largest absolute Gasteiger partial charge is 0.306 e. The zero-order valence-electron chi connectivity index (χ0n) is 10.5. The standard InChI is InChI=1S/C14H18N2S/c1-4-16-14(12-6-5-7-15-9-12)13-8-10(2)17-11(13)3/h5-9,14,16H,4H2,1-3H3. The molecule has 1 atom stereocenters. The van der Waals surface area contributed by atoms with Crippen LogP contribution in [0.4, 0.5) is 0 Å². The molecule has 2 nitrogen and oxygen atoms in total. The molecule has 0 saturated carbocycles. The SMILES string of the molecule is CCNC(c1cccnc1)c1cc(C)sc1C. The monoisotopic (exact) mass is 246 g/mol. The lowest BCUT2D eigenvalue weighted by Gasteiger charge is -2.18. The number of nitrogens with zero attached hydrogens (tertiary/aromatic N) is 1. The van der Waals surface area contributed by atoms with Crippen LogP contribution in [0, 0.1) is 13.8 Å². The molecule has 0 radical (unpaired) electrons. The molecular formula is C14H18N2S. The summed E-state index contributed by atoms with van der Waals surface area (Å²) in [5, 5.41) is 3.54. The predicted octanol–water partition coefficient (Wildman–Crippen LogP) is 3.46. The molecule has 1 N–H and O–H groups in total. The molecule has 2 rings (SSSR count). The second kappa shape index (κ2) is 5.43. The van der Waals surface area contributed by atoms with Crippen molar-refractivity contribution < 1.29 is 0 Å². The van der Waals surface area contributed by atoms with Crippen molar-refractivity contribution in [3.8, 4) is 0 Å². The lowest BCUT2D eigenvalue weighted by molar-refractivity contribution is 0.628. The first-order valence-electron chi connectivity index (χ1n) is 5.92. The third-order valence-electron chi connectivity index (χ3n) is 2.82. The van der Waals surface area contributed by atoms with Gasteiger partial charge in [0.2, 0.25) is 0 Å². The van der Waals surface area contributed by atoms with Crippen molar-refractivity contribution in [2.75, 3.05) is 6.54 Å². The third-order valence-corrected chi connectivity index (χ3v) is 3.80. The first kappa shape index (κ1) is 12.3. The Morgan fingerprint density at radius 2 is 2.24 bits per heavy atom. The fraction of sp³-hybridized carbons (Fsp3) is 0.357. The smallest absolute Gasteiger partial charge is 0.0602 e. The minimum Gasteiger partial charge on any atom is -0.306 e. The molecule has 1 unspecified atom stereocenters. The van der Waals surface area contributed by atoms with E-state index in [1.807, 2.05) is 29.8 Å². The zero-order chi connectivity index (χ0) is 12.3. The molecule has 2 aromatic heterocycles. The maximum atomic E-state index is 4.21. The van der Waals surface area contributed by atoms with Crippen LogP contribution >= 0.6 is 11.3 Å². The molecule has 3 heteroatoms. The van der Waals surface area contributed by atoms with Crippen LogP contribution in [0.25, 0.3) is 0 Å². The van der Waals surface area contributed by atoms with Gasteiger partial charge in [-0.25, -0.2) is 0 Å². The highest BCUT2D eigenvalue weighted by Crippen LogP contribution is 2.30. The molecule has 0 aromatic carbocycles. The Morgan fingerprint density at radius 1 is 1.41 bits per heavy atom. The first-order valence-corrected chi connectivity index (χ1v) is 6.74. The van der Waals surface area contributed by atoms with E-state index in [1.54, 1.807) is 0 Å². The summed E-state index contributed by atoms with van der Waals surface area (Å²) in [6.45, 7) is 7.44. The molecule has 0 aliphatic carbocycles. The van der Waals surface area contributed by atoms with Gasteiger partial charge in [0.15, 0.2) is 0 Å². The van der Waals surface area contributed by atoms with Crippen LogP contribution in [0.2, 0.25) is 0 Å². The number of aryl methyl sites for hydroxylation is 2. The van der Waals surface area contributed by atoms with Gasteiger partial charge in [0.25, 0.3) is 0 Å². The van der Waals surface area contributed by atoms with E-state index >= 15 is 0 Å². The Morgan fingerprint density at radius 3 is 2.76 bits per heavy atom. The van der Waals surface area contributed by atoms with Gasteiger partial charge in [0, 0.05) is 22.1 Å². The molecule has 0 fully saturated rings. The topological polar surface area (TPSA) is 24.9 Å². The van der Waals surface area contributed by atoms with E-state index in [9.17, 15) is 0 Å². The van der Waals surface area contributed by atoms with Gasteiger partial charge < -0.3 is 5.32 Å². The number of aromatic nitrogens is 1. The van der Waals surface area contributed by atoms with Crippen LogP contribution in [0.15, 0.2) is 30.6 Å². The van der Waals surface area contributed by atoms with Crippen LogP contribution in [-0.4, -0.2) is 11.5 Å². The Balaban J connectivity index is 2.39. The summed E-state index contributed by atoms with van der Waals surface area (Å²) in [5.41, 5.74) is 2.61. The van der Waals surface area contributed by atoms with Crippen molar-refractivity contribution in [3.05, 3.63) is 51.5 Å². The number of hydrogen-bond donors (Lipinski definition) is 1. The van der Waals surface area contributed by atoms with Crippen LogP contribution in [0.3, 0.4) is 0 Å². The van der Waals surface area contributed by atoms with Crippen molar-refractivity contribution in [2.24, 2.45) is 0 Å². The van der Waals surface area contributed by atoms with Gasteiger partial charge in [-0.15, -0.1) is 11.3 Å². The van der Waals surface area contributed by atoms with E-state index in [1.165, 1.54) is 20.9 Å². The van der Waals surface area contributed by atoms with E-state index in [0.29, 0.717) is 0 Å². The second-order valence-electron chi connectivity index (χ2n) is 4.15. The van der Waals surface area contributed by atoms with Crippen LogP contribution in [-0.2, 0) is 0 Å². The van der Waals surface area contributed by atoms with Crippen molar-refractivity contribution in [1.82, 2.24) is 10.3 Å². The average molecular weight is 246 g/mol. The second-order valence-corrected chi connectivity index (χ2v) is 5.61. The van der Waals surface area contributed by atoms with E-state index in [0.717, 1.165) is 6.54 Å². The Kier molecular flexibility index (Phi) is 3.92. The minimum absolute atomic E-state index is 0.263. The molecule has 2 aromatic rings. The molecule has 0 aliphatic rings. The maximum Gasteiger partial charge on any atom is 0.0602 e. The summed E-state index contributed by atoms with van der Waals surface area (Å²) < 4.78 is 0. The summed E-state index contributed by atoms with van der Waals surface area (Å²) in [6.07, 6.45) is 3.76. The number of hydrogen-bond acceptors (Lipinski definition) is 3. The number of pyridine rings is 1. The number of nitrogens with one attached hydrogen (secondary N) is 1. The van der Waals surface area contributed by atoms with Gasteiger partial charge in [0.1, 0.15) is 0 Å². The van der Waals surface area contributed by atoms with Crippen LogP contribution in [0.1, 0.15) is 33.8 Å². The third kappa shape index (κ3) is 2.73. The van der Waals surface area contributed by atoms with Gasteiger partial charge in [-0.05, 0) is 43.7 Å². The molecule has 0 bridgehead atoms. The summed E-state index contributed by atoms with van der Waals surface area (Å²) >= 11 is 1.86. The van der Waals surface area contributed by atoms with E-state index in [2.05, 4.69) is 43.2 Å². The quantitative estimate of drug-likeness (QED) is 0.893. The molecule has 0 aliphatic heterocycles. The summed E-state index contributed by atoms with van der Waals surface area (Å²) in [7, 11) is 0. The van der Waals surface area contributed by atoms with E-state index in [4.69, 9.17) is 0 Å². The maximum absolute atomic E-state index is 4.21. The average Bonchev–Trinajstić information content (AvgIpc) is 2.66. The lowest BCUT2D eigenvalue weighted by atomic mass is 10.0. The van der Waals surface area contributed by atoms with Crippen molar-refractivity contribution in [1.29, 1.82) is 0 Å². The highest BCUT2D eigenvalue weighted by atomic mass is 32.1. The van der Waals surface area contributed by atoms with Crippen molar-refractivity contribution in [3.63, 3.8) is 0 Å². The molecule has 0 spiro atoms. The summed E-state index contributed by atoms with van der Waals surface area (Å²) in [6, 6.07) is 6.67. The first-order chi connectivity index (χ1) is 8.22. The van der Waals surface area contributed by atoms with Gasteiger partial charge in [-0.2, -0.15) is 0 Å². The highest BCUT2D eigenvalue weighted by Gasteiger charge is 2.16. The van der Waals surface area contributed by atoms with E-state index < -0.39 is 0 Å². The molecule has 2 heterocycles. The summed E-state index contributed by atoms with van der Waals surface area (Å²) in [5.74, 6) is 0. The zero-order valence-corrected chi connectivity index (χ0v) is 11.3. The Bertz CT molecular complexity index is 476. The molecular weight excluding hydrogens is 228 g/mol. The molecule has 17 heavy (non-hydrogen) atoms. The van der Waals surface area contributed by atoms with Gasteiger partial charge in [-0.1, -0.05) is 13.0 Å². The van der Waals surface area contributed by atoms with Gasteiger partial charge in [0.05, 0.1) is 6.04 Å². The van der Waals surface area contributed by atoms with E-state index in [-0.39, 0.29) is 6.04 Å². The fourth-order valence-corrected chi connectivity index (χ4v) is 3.06. The van der Waals surface area contributed by atoms with Crippen LogP contribution in [0.5, 0.6) is 0 Å². The highest BCUT2D eigenvalue weighted by molar-refractivity contribution is 7.12. The normalized spacial score (nSPS) is 12.6. The molecule has 90 valence electrons. The minimum atomic E-state index is 0.263. The van der Waals surface area contributed by atoms with Crippen molar-refractivity contribution >= 4 is 11.3 Å². The van der Waals surface area contributed by atoms with Gasteiger partial charge >= 0.3 is 0 Å². The molecule has 0 amide bonds. The number of rotatable bonds is 4. The predicted molar refractivity (Wildman–Crippen MR) is 73.5 cm³/mol. The van der Waals surface area contributed by atoms with Crippen LogP contribution < -0.4 is 5.32 Å².